The molecule has 0 bridgehead atoms. The van der Waals surface area contributed by atoms with Crippen LogP contribution in [0.5, 0.6) is 0 Å². The third kappa shape index (κ3) is 2.04. The minimum Gasteiger partial charge on any atom is -0.361 e. The summed E-state index contributed by atoms with van der Waals surface area (Å²) in [6.45, 7) is 3.75. The van der Waals surface area contributed by atoms with Gasteiger partial charge in [0.2, 0.25) is 0 Å². The molecule has 0 spiro atoms. The van der Waals surface area contributed by atoms with E-state index in [9.17, 15) is 9.18 Å². The number of pyridine rings is 1. The fraction of sp³-hybridized carbons (Fsp3) is 0. The normalized spacial score (nSPS) is 12.2. The standard InChI is InChI=1S/C15H10ClFN2O/c1-8-5-13-11(7-18-8)10(15(20)19-13)6-9-3-2-4-12(16)14(9)17/h2-7,18H,1H2,(H,19,20). The Hall–Kier alpha value is -2.33. The summed E-state index contributed by atoms with van der Waals surface area (Å²) in [6, 6.07) is 6.39. The van der Waals surface area contributed by atoms with E-state index >= 15 is 0 Å². The third-order valence-electron chi connectivity index (χ3n) is 3.07. The summed E-state index contributed by atoms with van der Waals surface area (Å²) in [5.41, 5.74) is 1.33. The number of aromatic nitrogens is 2. The fourth-order valence-corrected chi connectivity index (χ4v) is 2.29. The predicted octanol–water partition coefficient (Wildman–Crippen LogP) is 1.84. The molecule has 3 nitrogen and oxygen atoms in total. The van der Waals surface area contributed by atoms with E-state index in [4.69, 9.17) is 11.6 Å². The van der Waals surface area contributed by atoms with Crippen LogP contribution in [-0.4, -0.2) is 9.97 Å². The zero-order valence-electron chi connectivity index (χ0n) is 10.3. The number of hydrogen-bond donors (Lipinski definition) is 2. The Labute approximate surface area is 118 Å². The second kappa shape index (κ2) is 4.65. The molecule has 0 aliphatic carbocycles. The smallest absolute Gasteiger partial charge is 0.256 e. The zero-order valence-corrected chi connectivity index (χ0v) is 11.1. The van der Waals surface area contributed by atoms with E-state index in [0.29, 0.717) is 21.8 Å². The Bertz CT molecular complexity index is 926. The monoisotopic (exact) mass is 288 g/mol. The Balaban J connectivity index is 2.33. The maximum atomic E-state index is 13.9. The molecule has 2 N–H and O–H groups in total. The maximum absolute atomic E-state index is 13.9. The molecule has 3 rings (SSSR count). The summed E-state index contributed by atoms with van der Waals surface area (Å²) in [7, 11) is 0. The number of hydrogen-bond acceptors (Lipinski definition) is 1. The lowest BCUT2D eigenvalue weighted by Crippen LogP contribution is -2.21. The van der Waals surface area contributed by atoms with Crippen LogP contribution in [0.1, 0.15) is 5.56 Å². The summed E-state index contributed by atoms with van der Waals surface area (Å²) in [5, 5.41) is 1.09. The van der Waals surface area contributed by atoms with Crippen LogP contribution in [0, 0.1) is 5.82 Å². The van der Waals surface area contributed by atoms with Gasteiger partial charge >= 0.3 is 0 Å². The van der Waals surface area contributed by atoms with Gasteiger partial charge in [-0.2, -0.15) is 0 Å². The maximum Gasteiger partial charge on any atom is 0.256 e. The highest BCUT2D eigenvalue weighted by atomic mass is 35.5. The average molecular weight is 289 g/mol. The molecule has 0 saturated carbocycles. The van der Waals surface area contributed by atoms with Crippen LogP contribution < -0.4 is 16.1 Å². The molecule has 0 aromatic heterocycles. The summed E-state index contributed by atoms with van der Waals surface area (Å²) in [6.07, 6.45) is 3.16. The summed E-state index contributed by atoms with van der Waals surface area (Å²) in [5.74, 6) is -0.541. The second-order valence-electron chi connectivity index (χ2n) is 4.44. The molecule has 2 aliphatic heterocycles. The largest absolute Gasteiger partial charge is 0.361 e. The number of benzene rings is 1. The van der Waals surface area contributed by atoms with Gasteiger partial charge in [0.25, 0.3) is 5.56 Å². The molecule has 0 saturated heterocycles. The summed E-state index contributed by atoms with van der Waals surface area (Å²) < 4.78 is 13.9. The lowest BCUT2D eigenvalue weighted by atomic mass is 10.1. The number of H-pyrrole nitrogens is 2. The molecule has 0 unspecified atom stereocenters. The van der Waals surface area contributed by atoms with Crippen molar-refractivity contribution in [2.75, 3.05) is 0 Å². The number of halogens is 2. The SMILES string of the molecule is C=c1cc2[nH]c(=O)c(=Cc3cccc(Cl)c3F)c-2c[nH]1. The number of aromatic amines is 2. The first-order valence-corrected chi connectivity index (χ1v) is 6.29. The minimum absolute atomic E-state index is 0.0256. The van der Waals surface area contributed by atoms with Gasteiger partial charge in [-0.3, -0.25) is 4.79 Å². The quantitative estimate of drug-likeness (QED) is 0.705. The molecule has 1 aromatic rings. The third-order valence-corrected chi connectivity index (χ3v) is 3.37. The van der Waals surface area contributed by atoms with Gasteiger partial charge in [-0.05, 0) is 18.2 Å². The molecule has 0 amide bonds. The van der Waals surface area contributed by atoms with Crippen LogP contribution in [-0.2, 0) is 0 Å². The van der Waals surface area contributed by atoms with Crippen molar-refractivity contribution >= 4 is 24.3 Å². The highest BCUT2D eigenvalue weighted by Gasteiger charge is 2.10. The Morgan fingerprint density at radius 2 is 2.15 bits per heavy atom. The molecule has 1 aromatic carbocycles. The molecule has 2 heterocycles. The van der Waals surface area contributed by atoms with E-state index in [-0.39, 0.29) is 16.1 Å². The van der Waals surface area contributed by atoms with Crippen molar-refractivity contribution < 1.29 is 4.39 Å². The van der Waals surface area contributed by atoms with E-state index in [0.717, 1.165) is 0 Å². The van der Waals surface area contributed by atoms with Crippen LogP contribution in [0.3, 0.4) is 0 Å². The lowest BCUT2D eigenvalue weighted by Gasteiger charge is -1.99. The zero-order chi connectivity index (χ0) is 14.3. The van der Waals surface area contributed by atoms with Crippen LogP contribution in [0.2, 0.25) is 5.02 Å². The number of nitrogens with one attached hydrogen (secondary N) is 2. The Morgan fingerprint density at radius 1 is 1.35 bits per heavy atom. The van der Waals surface area contributed by atoms with Gasteiger partial charge in [0.05, 0.1) is 15.9 Å². The Kier molecular flexibility index (Phi) is 2.95. The molecule has 0 atom stereocenters. The predicted molar refractivity (Wildman–Crippen MR) is 77.8 cm³/mol. The molecule has 5 heteroatoms. The first kappa shape index (κ1) is 12.7. The van der Waals surface area contributed by atoms with Crippen LogP contribution in [0.25, 0.3) is 23.9 Å². The highest BCUT2D eigenvalue weighted by molar-refractivity contribution is 6.30. The van der Waals surface area contributed by atoms with Crippen molar-refractivity contribution in [3.8, 4) is 11.3 Å². The van der Waals surface area contributed by atoms with E-state index < -0.39 is 5.82 Å². The van der Waals surface area contributed by atoms with Crippen molar-refractivity contribution in [2.45, 2.75) is 0 Å². The molecule has 0 radical (unpaired) electrons. The van der Waals surface area contributed by atoms with Crippen molar-refractivity contribution in [2.24, 2.45) is 0 Å². The summed E-state index contributed by atoms with van der Waals surface area (Å²) >= 11 is 5.74. The topological polar surface area (TPSA) is 48.6 Å². The lowest BCUT2D eigenvalue weighted by molar-refractivity contribution is 0.625. The second-order valence-corrected chi connectivity index (χ2v) is 4.85. The van der Waals surface area contributed by atoms with Crippen molar-refractivity contribution in [1.82, 2.24) is 9.97 Å². The molecular formula is C15H10ClFN2O. The summed E-state index contributed by atoms with van der Waals surface area (Å²) in [4.78, 5) is 17.6. The number of rotatable bonds is 1. The van der Waals surface area contributed by atoms with Crippen molar-refractivity contribution in [3.63, 3.8) is 0 Å². The first-order chi connectivity index (χ1) is 9.56. The van der Waals surface area contributed by atoms with E-state index in [1.165, 1.54) is 12.1 Å². The van der Waals surface area contributed by atoms with E-state index in [2.05, 4.69) is 16.5 Å². The van der Waals surface area contributed by atoms with Gasteiger partial charge < -0.3 is 9.97 Å². The van der Waals surface area contributed by atoms with Gasteiger partial charge in [0, 0.05) is 22.7 Å². The Morgan fingerprint density at radius 3 is 2.95 bits per heavy atom. The molecule has 100 valence electrons. The average Bonchev–Trinajstić information content (AvgIpc) is 2.70. The minimum atomic E-state index is -0.541. The number of fused-ring (bicyclic) bond motifs is 1. The highest BCUT2D eigenvalue weighted by Crippen LogP contribution is 2.18. The van der Waals surface area contributed by atoms with Gasteiger partial charge in [-0.15, -0.1) is 0 Å². The van der Waals surface area contributed by atoms with E-state index in [1.807, 2.05) is 0 Å². The van der Waals surface area contributed by atoms with Gasteiger partial charge in [0.1, 0.15) is 5.82 Å². The van der Waals surface area contributed by atoms with E-state index in [1.54, 1.807) is 24.4 Å². The molecular weight excluding hydrogens is 279 g/mol. The van der Waals surface area contributed by atoms with Crippen LogP contribution in [0.4, 0.5) is 4.39 Å². The fourth-order valence-electron chi connectivity index (χ4n) is 2.11. The van der Waals surface area contributed by atoms with Crippen LogP contribution in [0.15, 0.2) is 35.3 Å². The molecule has 0 fully saturated rings. The molecule has 20 heavy (non-hydrogen) atoms. The first-order valence-electron chi connectivity index (χ1n) is 5.91. The molecule has 2 aliphatic rings. The van der Waals surface area contributed by atoms with Crippen molar-refractivity contribution in [3.05, 3.63) is 67.8 Å². The van der Waals surface area contributed by atoms with Gasteiger partial charge in [-0.1, -0.05) is 30.3 Å². The van der Waals surface area contributed by atoms with Gasteiger partial charge in [-0.25, -0.2) is 4.39 Å². The van der Waals surface area contributed by atoms with Gasteiger partial charge in [0.15, 0.2) is 0 Å². The van der Waals surface area contributed by atoms with Crippen molar-refractivity contribution in [1.29, 1.82) is 0 Å². The van der Waals surface area contributed by atoms with Crippen LogP contribution >= 0.6 is 11.6 Å².